The van der Waals surface area contributed by atoms with E-state index in [1.807, 2.05) is 30.3 Å². The lowest BCUT2D eigenvalue weighted by Crippen LogP contribution is -3.16. The number of nitrogens with one attached hydrogen (secondary N) is 1. The van der Waals surface area contributed by atoms with Crippen molar-refractivity contribution in [3.05, 3.63) is 54.1 Å². The number of para-hydroxylation sites is 3. The quantitative estimate of drug-likeness (QED) is 0.665. The molecule has 2 aromatic rings. The largest absolute Gasteiger partial charge is 0.495 e. The standard InChI is InChI=1S/C22H28N2O4/c1-17(25)19-7-3-5-9-21(19)28-16-18(26)15-23-11-13-24(14-12-23)20-8-4-6-10-22(20)27-2/h3-10,18,26H,11-16H2,1-2H3/p+1/t18-/m1/s1. The fraction of sp³-hybridized carbons (Fsp3) is 0.409. The predicted molar refractivity (Wildman–Crippen MR) is 109 cm³/mol. The van der Waals surface area contributed by atoms with E-state index in [1.54, 1.807) is 19.2 Å². The fourth-order valence-corrected chi connectivity index (χ4v) is 3.62. The van der Waals surface area contributed by atoms with Crippen LogP contribution >= 0.6 is 0 Å². The maximum absolute atomic E-state index is 11.7. The zero-order chi connectivity index (χ0) is 19.9. The van der Waals surface area contributed by atoms with Gasteiger partial charge in [0, 0.05) is 0 Å². The number of anilines is 1. The van der Waals surface area contributed by atoms with Gasteiger partial charge in [-0.15, -0.1) is 0 Å². The molecule has 0 aromatic heterocycles. The van der Waals surface area contributed by atoms with Gasteiger partial charge in [-0.3, -0.25) is 4.79 Å². The van der Waals surface area contributed by atoms with Crippen molar-refractivity contribution in [2.24, 2.45) is 0 Å². The zero-order valence-electron chi connectivity index (χ0n) is 16.6. The van der Waals surface area contributed by atoms with Gasteiger partial charge in [0.05, 0.1) is 44.5 Å². The molecule has 0 spiro atoms. The molecule has 0 amide bonds. The zero-order valence-corrected chi connectivity index (χ0v) is 16.6. The highest BCUT2D eigenvalue weighted by atomic mass is 16.5. The third-order valence-electron chi connectivity index (χ3n) is 5.12. The Morgan fingerprint density at radius 3 is 2.43 bits per heavy atom. The monoisotopic (exact) mass is 385 g/mol. The van der Waals surface area contributed by atoms with E-state index in [-0.39, 0.29) is 12.4 Å². The third-order valence-corrected chi connectivity index (χ3v) is 5.12. The minimum absolute atomic E-state index is 0.0387. The Hall–Kier alpha value is -2.57. The van der Waals surface area contributed by atoms with Crippen molar-refractivity contribution >= 4 is 11.5 Å². The van der Waals surface area contributed by atoms with Crippen molar-refractivity contribution in [2.45, 2.75) is 13.0 Å². The number of nitrogens with zero attached hydrogens (tertiary/aromatic N) is 1. The lowest BCUT2D eigenvalue weighted by Gasteiger charge is -2.35. The van der Waals surface area contributed by atoms with Crippen LogP contribution in [-0.4, -0.2) is 63.4 Å². The Kier molecular flexibility index (Phi) is 6.90. The van der Waals surface area contributed by atoms with Gasteiger partial charge in [0.1, 0.15) is 30.8 Å². The van der Waals surface area contributed by atoms with Gasteiger partial charge in [0.25, 0.3) is 0 Å². The van der Waals surface area contributed by atoms with E-state index in [9.17, 15) is 9.90 Å². The van der Waals surface area contributed by atoms with Crippen LogP contribution in [0.5, 0.6) is 11.5 Å². The van der Waals surface area contributed by atoms with Gasteiger partial charge in [-0.2, -0.15) is 0 Å². The Morgan fingerprint density at radius 1 is 1.11 bits per heavy atom. The first-order chi connectivity index (χ1) is 13.6. The molecule has 1 aliphatic rings. The Bertz CT molecular complexity index is 788. The number of aliphatic hydroxyl groups excluding tert-OH is 1. The molecular formula is C22H29N2O4+. The number of aliphatic hydroxyl groups is 1. The second kappa shape index (κ2) is 9.57. The van der Waals surface area contributed by atoms with Crippen LogP contribution in [0.4, 0.5) is 5.69 Å². The molecule has 2 N–H and O–H groups in total. The third kappa shape index (κ3) is 5.03. The van der Waals surface area contributed by atoms with Crippen molar-refractivity contribution < 1.29 is 24.3 Å². The number of rotatable bonds is 8. The molecule has 6 nitrogen and oxygen atoms in total. The Labute approximate surface area is 166 Å². The van der Waals surface area contributed by atoms with Crippen molar-refractivity contribution in [1.82, 2.24) is 0 Å². The van der Waals surface area contributed by atoms with Crippen LogP contribution in [0.1, 0.15) is 17.3 Å². The molecule has 1 atom stereocenters. The van der Waals surface area contributed by atoms with Crippen LogP contribution < -0.4 is 19.3 Å². The molecule has 6 heteroatoms. The summed E-state index contributed by atoms with van der Waals surface area (Å²) >= 11 is 0. The van der Waals surface area contributed by atoms with Gasteiger partial charge in [0.2, 0.25) is 0 Å². The minimum Gasteiger partial charge on any atom is -0.495 e. The molecular weight excluding hydrogens is 356 g/mol. The highest BCUT2D eigenvalue weighted by Crippen LogP contribution is 2.27. The summed E-state index contributed by atoms with van der Waals surface area (Å²) in [6.07, 6.45) is -0.576. The van der Waals surface area contributed by atoms with Crippen LogP contribution in [0.2, 0.25) is 0 Å². The lowest BCUT2D eigenvalue weighted by atomic mass is 10.1. The molecule has 1 fully saturated rings. The average Bonchev–Trinajstić information content (AvgIpc) is 2.73. The number of quaternary nitrogens is 1. The number of ether oxygens (including phenoxy) is 2. The highest BCUT2D eigenvalue weighted by molar-refractivity contribution is 5.96. The topological polar surface area (TPSA) is 63.4 Å². The summed E-state index contributed by atoms with van der Waals surface area (Å²) in [6, 6.07) is 15.2. The first-order valence-electron chi connectivity index (χ1n) is 9.71. The molecule has 0 unspecified atom stereocenters. The van der Waals surface area contributed by atoms with E-state index in [2.05, 4.69) is 11.0 Å². The van der Waals surface area contributed by atoms with Crippen LogP contribution in [-0.2, 0) is 0 Å². The Morgan fingerprint density at radius 2 is 1.75 bits per heavy atom. The van der Waals surface area contributed by atoms with Crippen LogP contribution in [0, 0.1) is 0 Å². The Balaban J connectivity index is 1.48. The van der Waals surface area contributed by atoms with Gasteiger partial charge < -0.3 is 24.4 Å². The molecule has 150 valence electrons. The summed E-state index contributed by atoms with van der Waals surface area (Å²) < 4.78 is 11.2. The summed E-state index contributed by atoms with van der Waals surface area (Å²) in [6.45, 7) is 6.04. The molecule has 3 rings (SSSR count). The summed E-state index contributed by atoms with van der Waals surface area (Å²) in [7, 11) is 1.70. The number of hydrogen-bond donors (Lipinski definition) is 2. The number of carbonyl (C=O) groups excluding carboxylic acids is 1. The van der Waals surface area contributed by atoms with Gasteiger partial charge in [-0.25, -0.2) is 0 Å². The fourth-order valence-electron chi connectivity index (χ4n) is 3.62. The number of carbonyl (C=O) groups is 1. The number of Topliss-reactive ketones (excluding diaryl/α,β-unsaturated/α-hetero) is 1. The van der Waals surface area contributed by atoms with Crippen molar-refractivity contribution in [2.75, 3.05) is 51.3 Å². The van der Waals surface area contributed by atoms with Gasteiger partial charge in [-0.05, 0) is 31.2 Å². The lowest BCUT2D eigenvalue weighted by molar-refractivity contribution is -0.903. The molecule has 0 bridgehead atoms. The highest BCUT2D eigenvalue weighted by Gasteiger charge is 2.24. The first-order valence-corrected chi connectivity index (χ1v) is 9.71. The van der Waals surface area contributed by atoms with Gasteiger partial charge in [-0.1, -0.05) is 24.3 Å². The second-order valence-electron chi connectivity index (χ2n) is 7.13. The number of piperazine rings is 1. The second-order valence-corrected chi connectivity index (χ2v) is 7.13. The van der Waals surface area contributed by atoms with Crippen molar-refractivity contribution in [3.8, 4) is 11.5 Å². The number of benzene rings is 2. The average molecular weight is 385 g/mol. The predicted octanol–water partition coefficient (Wildman–Crippen LogP) is 1.04. The first kappa shape index (κ1) is 20.2. The summed E-state index contributed by atoms with van der Waals surface area (Å²) in [5.74, 6) is 1.39. The molecule has 2 aromatic carbocycles. The van der Waals surface area contributed by atoms with Crippen molar-refractivity contribution in [3.63, 3.8) is 0 Å². The van der Waals surface area contributed by atoms with Gasteiger partial charge >= 0.3 is 0 Å². The van der Waals surface area contributed by atoms with Gasteiger partial charge in [0.15, 0.2) is 5.78 Å². The molecule has 1 aliphatic heterocycles. The van der Waals surface area contributed by atoms with Crippen LogP contribution in [0.15, 0.2) is 48.5 Å². The summed E-state index contributed by atoms with van der Waals surface area (Å²) in [4.78, 5) is 15.3. The van der Waals surface area contributed by atoms with E-state index in [0.717, 1.165) is 37.6 Å². The maximum atomic E-state index is 11.7. The molecule has 1 heterocycles. The van der Waals surface area contributed by atoms with Crippen LogP contribution in [0.25, 0.3) is 0 Å². The number of methoxy groups -OCH3 is 1. The summed E-state index contributed by atoms with van der Waals surface area (Å²) in [5, 5.41) is 10.4. The van der Waals surface area contributed by atoms with Crippen LogP contribution in [0.3, 0.4) is 0 Å². The summed E-state index contributed by atoms with van der Waals surface area (Å²) in [5.41, 5.74) is 1.67. The van der Waals surface area contributed by atoms with E-state index in [4.69, 9.17) is 9.47 Å². The minimum atomic E-state index is -0.576. The number of ketones is 1. The van der Waals surface area contributed by atoms with E-state index < -0.39 is 6.10 Å². The van der Waals surface area contributed by atoms with E-state index >= 15 is 0 Å². The molecule has 0 aliphatic carbocycles. The maximum Gasteiger partial charge on any atom is 0.163 e. The molecule has 0 saturated carbocycles. The van der Waals surface area contributed by atoms with E-state index in [0.29, 0.717) is 17.9 Å². The van der Waals surface area contributed by atoms with E-state index in [1.165, 1.54) is 11.8 Å². The number of hydrogen-bond acceptors (Lipinski definition) is 5. The molecule has 0 radical (unpaired) electrons. The smallest absolute Gasteiger partial charge is 0.163 e. The molecule has 28 heavy (non-hydrogen) atoms. The SMILES string of the molecule is COc1ccccc1N1CC[NH+](C[C@@H](O)COc2ccccc2C(C)=O)CC1. The normalized spacial score (nSPS) is 15.9. The van der Waals surface area contributed by atoms with Crippen molar-refractivity contribution in [1.29, 1.82) is 0 Å². The molecule has 1 saturated heterocycles.